The summed E-state index contributed by atoms with van der Waals surface area (Å²) in [4.78, 5) is 17.3. The Morgan fingerprint density at radius 3 is 2.62 bits per heavy atom. The minimum atomic E-state index is -0.275. The fourth-order valence-electron chi connectivity index (χ4n) is 3.80. The first-order chi connectivity index (χ1) is 15.7. The van der Waals surface area contributed by atoms with Crippen LogP contribution in [0.15, 0.2) is 66.7 Å². The van der Waals surface area contributed by atoms with Crippen LogP contribution in [0.2, 0.25) is 0 Å². The molecule has 1 aromatic heterocycles. The fraction of sp³-hybridized carbons (Fsp3) is 0.200. The van der Waals surface area contributed by atoms with Crippen LogP contribution < -0.4 is 20.1 Å². The van der Waals surface area contributed by atoms with Gasteiger partial charge in [-0.3, -0.25) is 0 Å². The van der Waals surface area contributed by atoms with Crippen molar-refractivity contribution in [3.05, 3.63) is 72.3 Å². The molecule has 2 amide bonds. The van der Waals surface area contributed by atoms with Crippen LogP contribution in [0.4, 0.5) is 10.5 Å². The molecular formula is C25H24N4O3. The molecule has 32 heavy (non-hydrogen) atoms. The van der Waals surface area contributed by atoms with E-state index >= 15 is 0 Å². The van der Waals surface area contributed by atoms with Gasteiger partial charge in [0.15, 0.2) is 11.5 Å². The van der Waals surface area contributed by atoms with Crippen LogP contribution in [0.25, 0.3) is 22.4 Å². The Balaban J connectivity index is 1.28. The van der Waals surface area contributed by atoms with Gasteiger partial charge in [0.1, 0.15) is 19.0 Å². The number of urea groups is 1. The number of ether oxygens (including phenoxy) is 2. The SMILES string of the molecule is Cc1ccc(-c2nc3ccccc3n2CCNC(=O)Nc2ccc3c(c2)OCCO3)cc1. The highest BCUT2D eigenvalue weighted by Crippen LogP contribution is 2.32. The molecule has 0 atom stereocenters. The summed E-state index contributed by atoms with van der Waals surface area (Å²) >= 11 is 0. The zero-order valence-corrected chi connectivity index (χ0v) is 17.8. The van der Waals surface area contributed by atoms with Crippen molar-refractivity contribution in [2.24, 2.45) is 0 Å². The van der Waals surface area contributed by atoms with E-state index in [1.165, 1.54) is 5.56 Å². The molecule has 0 unspecified atom stereocenters. The minimum absolute atomic E-state index is 0.275. The third kappa shape index (κ3) is 4.09. The van der Waals surface area contributed by atoms with E-state index in [0.29, 0.717) is 43.5 Å². The molecule has 7 heteroatoms. The lowest BCUT2D eigenvalue weighted by Gasteiger charge is -2.19. The topological polar surface area (TPSA) is 77.4 Å². The second-order valence-corrected chi connectivity index (χ2v) is 7.68. The van der Waals surface area contributed by atoms with Gasteiger partial charge in [-0.1, -0.05) is 42.0 Å². The highest BCUT2D eigenvalue weighted by molar-refractivity contribution is 5.89. The molecule has 162 valence electrons. The summed E-state index contributed by atoms with van der Waals surface area (Å²) in [6, 6.07) is 21.5. The van der Waals surface area contributed by atoms with Gasteiger partial charge in [-0.2, -0.15) is 0 Å². The Kier molecular flexibility index (Phi) is 5.37. The van der Waals surface area contributed by atoms with Crippen molar-refractivity contribution >= 4 is 22.8 Å². The lowest BCUT2D eigenvalue weighted by Crippen LogP contribution is -2.31. The number of anilines is 1. The van der Waals surface area contributed by atoms with E-state index in [2.05, 4.69) is 52.5 Å². The lowest BCUT2D eigenvalue weighted by molar-refractivity contribution is 0.171. The number of aromatic nitrogens is 2. The number of benzene rings is 3. The number of hydrogen-bond acceptors (Lipinski definition) is 4. The highest BCUT2D eigenvalue weighted by Gasteiger charge is 2.14. The Hall–Kier alpha value is -4.00. The van der Waals surface area contributed by atoms with E-state index < -0.39 is 0 Å². The average Bonchev–Trinajstić information content (AvgIpc) is 3.18. The summed E-state index contributed by atoms with van der Waals surface area (Å²) in [6.07, 6.45) is 0. The highest BCUT2D eigenvalue weighted by atomic mass is 16.6. The minimum Gasteiger partial charge on any atom is -0.486 e. The number of fused-ring (bicyclic) bond motifs is 2. The van der Waals surface area contributed by atoms with Gasteiger partial charge >= 0.3 is 6.03 Å². The molecule has 0 bridgehead atoms. The van der Waals surface area contributed by atoms with Crippen LogP contribution in [0.1, 0.15) is 5.56 Å². The second kappa shape index (κ2) is 8.63. The van der Waals surface area contributed by atoms with Crippen molar-refractivity contribution in [1.29, 1.82) is 0 Å². The van der Waals surface area contributed by atoms with Crippen molar-refractivity contribution in [2.75, 3.05) is 25.1 Å². The number of nitrogens with one attached hydrogen (secondary N) is 2. The standard InChI is InChI=1S/C25H24N4O3/c1-17-6-8-18(9-7-17)24-28-20-4-2-3-5-21(20)29(24)13-12-26-25(30)27-19-10-11-22-23(16-19)32-15-14-31-22/h2-11,16H,12-15H2,1H3,(H2,26,27,30). The van der Waals surface area contributed by atoms with E-state index in [-0.39, 0.29) is 6.03 Å². The average molecular weight is 428 g/mol. The monoisotopic (exact) mass is 428 g/mol. The van der Waals surface area contributed by atoms with E-state index in [9.17, 15) is 4.79 Å². The largest absolute Gasteiger partial charge is 0.486 e. The van der Waals surface area contributed by atoms with Crippen molar-refractivity contribution in [2.45, 2.75) is 13.5 Å². The summed E-state index contributed by atoms with van der Waals surface area (Å²) in [5.74, 6) is 2.22. The van der Waals surface area contributed by atoms with Crippen LogP contribution in [0.5, 0.6) is 11.5 Å². The number of carbonyl (C=O) groups excluding carboxylic acids is 1. The van der Waals surface area contributed by atoms with Gasteiger partial charge in [-0.05, 0) is 31.2 Å². The van der Waals surface area contributed by atoms with Crippen LogP contribution in [-0.4, -0.2) is 35.3 Å². The van der Waals surface area contributed by atoms with Gasteiger partial charge in [0.05, 0.1) is 11.0 Å². The first kappa shape index (κ1) is 19.9. The molecule has 2 heterocycles. The van der Waals surface area contributed by atoms with Gasteiger partial charge in [0.2, 0.25) is 0 Å². The number of para-hydroxylation sites is 2. The molecular weight excluding hydrogens is 404 g/mol. The second-order valence-electron chi connectivity index (χ2n) is 7.68. The van der Waals surface area contributed by atoms with Gasteiger partial charge in [0, 0.05) is 30.4 Å². The number of nitrogens with zero attached hydrogens (tertiary/aromatic N) is 2. The summed E-state index contributed by atoms with van der Waals surface area (Å²) in [7, 11) is 0. The predicted molar refractivity (Wildman–Crippen MR) is 124 cm³/mol. The maximum absolute atomic E-state index is 12.4. The molecule has 5 rings (SSSR count). The van der Waals surface area contributed by atoms with E-state index in [4.69, 9.17) is 14.5 Å². The summed E-state index contributed by atoms with van der Waals surface area (Å²) in [5.41, 5.74) is 4.88. The maximum Gasteiger partial charge on any atom is 0.319 e. The van der Waals surface area contributed by atoms with Gasteiger partial charge < -0.3 is 24.7 Å². The first-order valence-electron chi connectivity index (χ1n) is 10.6. The quantitative estimate of drug-likeness (QED) is 0.487. The Morgan fingerprint density at radius 1 is 1.00 bits per heavy atom. The van der Waals surface area contributed by atoms with Crippen molar-refractivity contribution < 1.29 is 14.3 Å². The molecule has 0 saturated heterocycles. The number of aryl methyl sites for hydroxylation is 1. The summed E-state index contributed by atoms with van der Waals surface area (Å²) < 4.78 is 13.2. The van der Waals surface area contributed by atoms with Gasteiger partial charge in [-0.15, -0.1) is 0 Å². The molecule has 0 radical (unpaired) electrons. The fourth-order valence-corrected chi connectivity index (χ4v) is 3.80. The van der Waals surface area contributed by atoms with E-state index in [0.717, 1.165) is 22.4 Å². The third-order valence-corrected chi connectivity index (χ3v) is 5.39. The molecule has 0 aliphatic carbocycles. The zero-order valence-electron chi connectivity index (χ0n) is 17.8. The van der Waals surface area contributed by atoms with Crippen LogP contribution >= 0.6 is 0 Å². The Bertz CT molecular complexity index is 1260. The maximum atomic E-state index is 12.4. The molecule has 2 N–H and O–H groups in total. The molecule has 1 aliphatic heterocycles. The van der Waals surface area contributed by atoms with Crippen molar-refractivity contribution in [3.8, 4) is 22.9 Å². The van der Waals surface area contributed by atoms with Crippen molar-refractivity contribution in [1.82, 2.24) is 14.9 Å². The number of hydrogen-bond donors (Lipinski definition) is 2. The molecule has 7 nitrogen and oxygen atoms in total. The molecule has 0 saturated carbocycles. The summed E-state index contributed by atoms with van der Waals surface area (Å²) in [6.45, 7) is 4.16. The third-order valence-electron chi connectivity index (χ3n) is 5.39. The molecule has 0 fully saturated rings. The Labute approximate surface area is 186 Å². The van der Waals surface area contributed by atoms with Crippen LogP contribution in [0, 0.1) is 6.92 Å². The predicted octanol–water partition coefficient (Wildman–Crippen LogP) is 4.60. The van der Waals surface area contributed by atoms with Crippen LogP contribution in [-0.2, 0) is 6.54 Å². The molecule has 3 aromatic carbocycles. The number of rotatable bonds is 5. The zero-order chi connectivity index (χ0) is 21.9. The van der Waals surface area contributed by atoms with Gasteiger partial charge in [0.25, 0.3) is 0 Å². The smallest absolute Gasteiger partial charge is 0.319 e. The molecule has 0 spiro atoms. The molecule has 1 aliphatic rings. The van der Waals surface area contributed by atoms with E-state index in [1.807, 2.05) is 18.2 Å². The van der Waals surface area contributed by atoms with Crippen LogP contribution in [0.3, 0.4) is 0 Å². The van der Waals surface area contributed by atoms with Gasteiger partial charge in [-0.25, -0.2) is 9.78 Å². The summed E-state index contributed by atoms with van der Waals surface area (Å²) in [5, 5.41) is 5.78. The first-order valence-corrected chi connectivity index (χ1v) is 10.6. The normalized spacial score (nSPS) is 12.5. The molecule has 4 aromatic rings. The number of imidazole rings is 1. The number of amides is 2. The number of carbonyl (C=O) groups is 1. The Morgan fingerprint density at radius 2 is 1.78 bits per heavy atom. The van der Waals surface area contributed by atoms with Crippen molar-refractivity contribution in [3.63, 3.8) is 0 Å². The van der Waals surface area contributed by atoms with E-state index in [1.54, 1.807) is 18.2 Å². The lowest BCUT2D eigenvalue weighted by atomic mass is 10.1.